The Hall–Kier alpha value is -1.96. The summed E-state index contributed by atoms with van der Waals surface area (Å²) in [5.74, 6) is -1.17. The van der Waals surface area contributed by atoms with Crippen molar-refractivity contribution in [2.24, 2.45) is 5.73 Å². The average molecular weight is 276 g/mol. The first kappa shape index (κ1) is 13.5. The topological polar surface area (TPSA) is 75.8 Å². The van der Waals surface area contributed by atoms with Crippen LogP contribution in [0.3, 0.4) is 0 Å². The van der Waals surface area contributed by atoms with E-state index in [9.17, 15) is 23.1 Å². The number of alkyl halides is 3. The molecule has 8 heteroatoms. The number of rotatable bonds is 2. The number of phenolic OH excluding ortho intramolecular Hbond substituents is 1. The van der Waals surface area contributed by atoms with E-state index in [0.717, 1.165) is 23.1 Å². The molecule has 1 amide bonds. The van der Waals surface area contributed by atoms with Gasteiger partial charge in [0.2, 0.25) is 5.91 Å². The number of aromatic hydroxyl groups is 1. The van der Waals surface area contributed by atoms with E-state index in [4.69, 9.17) is 5.73 Å². The molecule has 1 aliphatic heterocycles. The van der Waals surface area contributed by atoms with E-state index in [1.54, 1.807) is 0 Å². The van der Waals surface area contributed by atoms with Crippen LogP contribution in [0.2, 0.25) is 0 Å². The van der Waals surface area contributed by atoms with Crippen molar-refractivity contribution in [3.63, 3.8) is 0 Å². The van der Waals surface area contributed by atoms with E-state index in [1.165, 1.54) is 0 Å². The molecule has 1 heterocycles. The van der Waals surface area contributed by atoms with Gasteiger partial charge in [0.1, 0.15) is 11.5 Å². The van der Waals surface area contributed by atoms with Gasteiger partial charge in [-0.05, 0) is 12.1 Å². The number of amides is 1. The first-order chi connectivity index (χ1) is 8.76. The molecule has 0 saturated carbocycles. The van der Waals surface area contributed by atoms with Gasteiger partial charge in [0, 0.05) is 25.1 Å². The summed E-state index contributed by atoms with van der Waals surface area (Å²) in [4.78, 5) is 12.7. The predicted molar refractivity (Wildman–Crippen MR) is 59.7 cm³/mol. The first-order valence-corrected chi connectivity index (χ1v) is 5.41. The maximum absolute atomic E-state index is 12.1. The molecular weight excluding hydrogens is 265 g/mol. The second-order valence-electron chi connectivity index (χ2n) is 4.17. The fraction of sp³-hybridized carbons (Fsp3) is 0.364. The lowest BCUT2D eigenvalue weighted by molar-refractivity contribution is -0.274. The minimum Gasteiger partial charge on any atom is -0.506 e. The molecule has 0 bridgehead atoms. The highest BCUT2D eigenvalue weighted by atomic mass is 19.4. The fourth-order valence-corrected chi connectivity index (χ4v) is 1.88. The number of carbonyl (C=O) groups excluding carboxylic acids is 1. The van der Waals surface area contributed by atoms with Gasteiger partial charge in [0.05, 0.1) is 5.69 Å². The summed E-state index contributed by atoms with van der Waals surface area (Å²) in [7, 11) is 0. The number of carbonyl (C=O) groups is 1. The van der Waals surface area contributed by atoms with Crippen molar-refractivity contribution < 1.29 is 27.8 Å². The van der Waals surface area contributed by atoms with Crippen LogP contribution in [0.5, 0.6) is 11.5 Å². The van der Waals surface area contributed by atoms with Crippen LogP contribution in [-0.2, 0) is 4.79 Å². The quantitative estimate of drug-likeness (QED) is 0.855. The molecule has 1 saturated heterocycles. The van der Waals surface area contributed by atoms with Crippen molar-refractivity contribution in [2.75, 3.05) is 11.4 Å². The summed E-state index contributed by atoms with van der Waals surface area (Å²) in [6, 6.07) is 2.55. The standard InChI is InChI=1S/C11H11F3N2O3/c12-11(13,14)19-7-1-2-9(17)8(4-7)16-5-6(15)3-10(16)18/h1-2,4,6,17H,3,5,15H2. The number of halogens is 3. The van der Waals surface area contributed by atoms with E-state index in [1.807, 2.05) is 0 Å². The van der Waals surface area contributed by atoms with Crippen molar-refractivity contribution in [1.29, 1.82) is 0 Å². The van der Waals surface area contributed by atoms with Crippen LogP contribution in [0.25, 0.3) is 0 Å². The van der Waals surface area contributed by atoms with Crippen molar-refractivity contribution >= 4 is 11.6 Å². The number of hydrogen-bond acceptors (Lipinski definition) is 4. The number of nitrogens with two attached hydrogens (primary N) is 1. The molecule has 3 N–H and O–H groups in total. The van der Waals surface area contributed by atoms with Gasteiger partial charge >= 0.3 is 6.36 Å². The number of phenols is 1. The molecule has 1 unspecified atom stereocenters. The number of ether oxygens (including phenoxy) is 1. The molecule has 0 radical (unpaired) electrons. The third kappa shape index (κ3) is 3.08. The Balaban J connectivity index is 2.30. The van der Waals surface area contributed by atoms with Gasteiger partial charge < -0.3 is 20.5 Å². The van der Waals surface area contributed by atoms with E-state index >= 15 is 0 Å². The van der Waals surface area contributed by atoms with Gasteiger partial charge in [-0.3, -0.25) is 4.79 Å². The zero-order valence-electron chi connectivity index (χ0n) is 9.65. The molecule has 1 aliphatic rings. The van der Waals surface area contributed by atoms with Crippen LogP contribution in [0, 0.1) is 0 Å². The van der Waals surface area contributed by atoms with E-state index in [2.05, 4.69) is 4.74 Å². The fourth-order valence-electron chi connectivity index (χ4n) is 1.88. The lowest BCUT2D eigenvalue weighted by atomic mass is 10.2. The van der Waals surface area contributed by atoms with Crippen LogP contribution >= 0.6 is 0 Å². The van der Waals surface area contributed by atoms with Crippen LogP contribution in [0.1, 0.15) is 6.42 Å². The molecule has 19 heavy (non-hydrogen) atoms. The highest BCUT2D eigenvalue weighted by Crippen LogP contribution is 2.35. The van der Waals surface area contributed by atoms with E-state index in [-0.39, 0.29) is 30.3 Å². The monoisotopic (exact) mass is 276 g/mol. The highest BCUT2D eigenvalue weighted by molar-refractivity contribution is 5.97. The van der Waals surface area contributed by atoms with Gasteiger partial charge in [0.25, 0.3) is 0 Å². The second-order valence-corrected chi connectivity index (χ2v) is 4.17. The Kier molecular flexibility index (Phi) is 3.27. The van der Waals surface area contributed by atoms with Crippen LogP contribution < -0.4 is 15.4 Å². The molecule has 1 fully saturated rings. The third-order valence-corrected chi connectivity index (χ3v) is 2.63. The minimum atomic E-state index is -4.83. The van der Waals surface area contributed by atoms with Gasteiger partial charge in [-0.15, -0.1) is 13.2 Å². The molecular formula is C11H11F3N2O3. The second kappa shape index (κ2) is 4.61. The SMILES string of the molecule is NC1CC(=O)N(c2cc(OC(F)(F)F)ccc2O)C1. The predicted octanol–water partition coefficient (Wildman–Crippen LogP) is 1.35. The Labute approximate surface area is 106 Å². The van der Waals surface area contributed by atoms with Gasteiger partial charge in [-0.1, -0.05) is 0 Å². The Bertz CT molecular complexity index is 504. The zero-order chi connectivity index (χ0) is 14.2. The highest BCUT2D eigenvalue weighted by Gasteiger charge is 2.33. The Morgan fingerprint density at radius 3 is 2.63 bits per heavy atom. The number of nitrogens with zero attached hydrogens (tertiary/aromatic N) is 1. The Morgan fingerprint density at radius 2 is 2.11 bits per heavy atom. The largest absolute Gasteiger partial charge is 0.573 e. The van der Waals surface area contributed by atoms with Crippen LogP contribution in [0.15, 0.2) is 18.2 Å². The van der Waals surface area contributed by atoms with Gasteiger partial charge in [-0.2, -0.15) is 0 Å². The molecule has 104 valence electrons. The normalized spacial score (nSPS) is 19.9. The molecule has 0 spiro atoms. The van der Waals surface area contributed by atoms with Crippen molar-refractivity contribution in [1.82, 2.24) is 0 Å². The molecule has 1 atom stereocenters. The van der Waals surface area contributed by atoms with E-state index in [0.29, 0.717) is 0 Å². The zero-order valence-corrected chi connectivity index (χ0v) is 9.65. The summed E-state index contributed by atoms with van der Waals surface area (Å²) in [5.41, 5.74) is 5.55. The molecule has 1 aromatic carbocycles. The third-order valence-electron chi connectivity index (χ3n) is 2.63. The van der Waals surface area contributed by atoms with Gasteiger partial charge in [-0.25, -0.2) is 0 Å². The van der Waals surface area contributed by atoms with Gasteiger partial charge in [0.15, 0.2) is 0 Å². The summed E-state index contributed by atoms with van der Waals surface area (Å²) in [6.45, 7) is 0.141. The minimum absolute atomic E-state index is 0.0419. The molecule has 0 aromatic heterocycles. The number of benzene rings is 1. The molecule has 0 aliphatic carbocycles. The lowest BCUT2D eigenvalue weighted by Crippen LogP contribution is -2.28. The summed E-state index contributed by atoms with van der Waals surface area (Å²) in [5, 5.41) is 9.63. The first-order valence-electron chi connectivity index (χ1n) is 5.41. The number of hydrogen-bond donors (Lipinski definition) is 2. The lowest BCUT2D eigenvalue weighted by Gasteiger charge is -2.19. The summed E-state index contributed by atoms with van der Waals surface area (Å²) >= 11 is 0. The number of anilines is 1. The maximum atomic E-state index is 12.1. The Morgan fingerprint density at radius 1 is 1.42 bits per heavy atom. The van der Waals surface area contributed by atoms with Crippen molar-refractivity contribution in [3.8, 4) is 11.5 Å². The summed E-state index contributed by atoms with van der Waals surface area (Å²) in [6.07, 6.45) is -4.75. The summed E-state index contributed by atoms with van der Waals surface area (Å²) < 4.78 is 40.1. The van der Waals surface area contributed by atoms with Crippen molar-refractivity contribution in [3.05, 3.63) is 18.2 Å². The molecule has 1 aromatic rings. The van der Waals surface area contributed by atoms with Crippen LogP contribution in [0.4, 0.5) is 18.9 Å². The molecule has 2 rings (SSSR count). The van der Waals surface area contributed by atoms with Crippen LogP contribution in [-0.4, -0.2) is 30.0 Å². The van der Waals surface area contributed by atoms with E-state index < -0.39 is 18.2 Å². The smallest absolute Gasteiger partial charge is 0.506 e. The average Bonchev–Trinajstić information content (AvgIpc) is 2.58. The molecule has 5 nitrogen and oxygen atoms in total. The maximum Gasteiger partial charge on any atom is 0.573 e. The van der Waals surface area contributed by atoms with Crippen molar-refractivity contribution in [2.45, 2.75) is 18.8 Å².